The first kappa shape index (κ1) is 8.31. The normalized spacial score (nSPS) is 24.1. The van der Waals surface area contributed by atoms with Gasteiger partial charge in [0.2, 0.25) is 5.90 Å². The van der Waals surface area contributed by atoms with Crippen LogP contribution in [0.1, 0.15) is 27.2 Å². The highest BCUT2D eigenvalue weighted by atomic mass is 16.5. The molecule has 0 aliphatic carbocycles. The van der Waals surface area contributed by atoms with Gasteiger partial charge in [0.15, 0.2) is 0 Å². The average Bonchev–Trinajstić information content (AvgIpc) is 2.26. The molecule has 1 aliphatic rings. The van der Waals surface area contributed by atoms with E-state index >= 15 is 0 Å². The van der Waals surface area contributed by atoms with Crippen molar-refractivity contribution in [2.45, 2.75) is 32.8 Å². The first-order chi connectivity index (χ1) is 5.14. The zero-order valence-electron chi connectivity index (χ0n) is 7.42. The number of hydrogen-bond donors (Lipinski definition) is 0. The molecule has 0 unspecified atom stereocenters. The molecule has 0 aromatic rings. The minimum Gasteiger partial charge on any atom is -0.468 e. The van der Waals surface area contributed by atoms with Crippen LogP contribution in [0.25, 0.3) is 0 Å². The van der Waals surface area contributed by atoms with Crippen molar-refractivity contribution in [2.24, 2.45) is 4.99 Å². The highest BCUT2D eigenvalue weighted by molar-refractivity contribution is 5.90. The van der Waals surface area contributed by atoms with Crippen LogP contribution in [0.4, 0.5) is 0 Å². The summed E-state index contributed by atoms with van der Waals surface area (Å²) in [5.41, 5.74) is -0.146. The van der Waals surface area contributed by atoms with Crippen LogP contribution in [0.15, 0.2) is 17.1 Å². The lowest BCUT2D eigenvalue weighted by Gasteiger charge is -2.15. The third kappa shape index (κ3) is 2.37. The van der Waals surface area contributed by atoms with Gasteiger partial charge in [0.05, 0.1) is 0 Å². The van der Waals surface area contributed by atoms with Crippen LogP contribution in [-0.2, 0) is 4.74 Å². The highest BCUT2D eigenvalue weighted by Crippen LogP contribution is 2.18. The monoisotopic (exact) mass is 153 g/mol. The van der Waals surface area contributed by atoms with Crippen LogP contribution in [0, 0.1) is 0 Å². The minimum absolute atomic E-state index is 0.146. The molecule has 0 fully saturated rings. The Bertz CT molecular complexity index is 192. The van der Waals surface area contributed by atoms with Crippen molar-refractivity contribution in [3.05, 3.63) is 12.2 Å². The van der Waals surface area contributed by atoms with Crippen LogP contribution < -0.4 is 0 Å². The zero-order valence-corrected chi connectivity index (χ0v) is 7.42. The second kappa shape index (κ2) is 3.07. The van der Waals surface area contributed by atoms with Gasteiger partial charge >= 0.3 is 0 Å². The van der Waals surface area contributed by atoms with E-state index in [0.717, 1.165) is 18.9 Å². The van der Waals surface area contributed by atoms with Gasteiger partial charge < -0.3 is 4.74 Å². The Morgan fingerprint density at radius 1 is 1.55 bits per heavy atom. The van der Waals surface area contributed by atoms with Crippen molar-refractivity contribution in [1.82, 2.24) is 0 Å². The molecule has 0 aromatic heterocycles. The molecule has 0 atom stereocenters. The molecule has 0 radical (unpaired) electrons. The molecule has 1 aliphatic heterocycles. The zero-order chi connectivity index (χ0) is 8.32. The second-order valence-electron chi connectivity index (χ2n) is 3.26. The lowest BCUT2D eigenvalue weighted by molar-refractivity contribution is 0.161. The van der Waals surface area contributed by atoms with Gasteiger partial charge in [-0.05, 0) is 32.4 Å². The topological polar surface area (TPSA) is 21.6 Å². The molecule has 1 rings (SSSR count). The molecule has 11 heavy (non-hydrogen) atoms. The molecule has 0 aromatic carbocycles. The minimum atomic E-state index is -0.146. The lowest BCUT2D eigenvalue weighted by Crippen LogP contribution is -2.18. The van der Waals surface area contributed by atoms with Crippen molar-refractivity contribution in [3.8, 4) is 0 Å². The Morgan fingerprint density at radius 2 is 2.27 bits per heavy atom. The van der Waals surface area contributed by atoms with E-state index in [9.17, 15) is 0 Å². The molecule has 0 bridgehead atoms. The van der Waals surface area contributed by atoms with E-state index < -0.39 is 0 Å². The summed E-state index contributed by atoms with van der Waals surface area (Å²) in [4.78, 5) is 4.24. The van der Waals surface area contributed by atoms with Crippen LogP contribution in [0.5, 0.6) is 0 Å². The fraction of sp³-hybridized carbons (Fsp3) is 0.667. The van der Waals surface area contributed by atoms with Gasteiger partial charge in [-0.1, -0.05) is 6.92 Å². The summed E-state index contributed by atoms with van der Waals surface area (Å²) >= 11 is 0. The first-order valence-electron chi connectivity index (χ1n) is 4.07. The van der Waals surface area contributed by atoms with Gasteiger partial charge in [-0.25, -0.2) is 0 Å². The summed E-state index contributed by atoms with van der Waals surface area (Å²) in [5.74, 6) is 0.775. The molecule has 0 saturated heterocycles. The molecule has 0 amide bonds. The van der Waals surface area contributed by atoms with Crippen molar-refractivity contribution in [2.75, 3.05) is 6.54 Å². The molecular formula is C9H15NO. The SMILES string of the molecule is CCCN=C1C=CC(C)(C)O1. The molecule has 62 valence electrons. The Balaban J connectivity index is 2.49. The van der Waals surface area contributed by atoms with Gasteiger partial charge in [-0.3, -0.25) is 4.99 Å². The van der Waals surface area contributed by atoms with Gasteiger partial charge in [-0.15, -0.1) is 0 Å². The van der Waals surface area contributed by atoms with E-state index in [4.69, 9.17) is 4.74 Å². The maximum absolute atomic E-state index is 5.49. The van der Waals surface area contributed by atoms with E-state index in [1.807, 2.05) is 26.0 Å². The highest BCUT2D eigenvalue weighted by Gasteiger charge is 2.22. The summed E-state index contributed by atoms with van der Waals surface area (Å²) in [7, 11) is 0. The molecule has 0 saturated carbocycles. The summed E-state index contributed by atoms with van der Waals surface area (Å²) in [6.45, 7) is 7.01. The van der Waals surface area contributed by atoms with Gasteiger partial charge in [0.25, 0.3) is 0 Å². The maximum Gasteiger partial charge on any atom is 0.209 e. The third-order valence-corrected chi connectivity index (χ3v) is 1.49. The standard InChI is InChI=1S/C9H15NO/c1-4-7-10-8-5-6-9(2,3)11-8/h5-6H,4,7H2,1-3H3. The van der Waals surface area contributed by atoms with Crippen LogP contribution >= 0.6 is 0 Å². The van der Waals surface area contributed by atoms with E-state index in [1.54, 1.807) is 0 Å². The Kier molecular flexibility index (Phi) is 2.32. The maximum atomic E-state index is 5.49. The lowest BCUT2D eigenvalue weighted by atomic mass is 10.1. The Labute approximate surface area is 68.0 Å². The molecule has 1 heterocycles. The second-order valence-corrected chi connectivity index (χ2v) is 3.26. The van der Waals surface area contributed by atoms with Crippen molar-refractivity contribution in [3.63, 3.8) is 0 Å². The van der Waals surface area contributed by atoms with E-state index in [2.05, 4.69) is 11.9 Å². The predicted octanol–water partition coefficient (Wildman–Crippen LogP) is 2.16. The third-order valence-electron chi connectivity index (χ3n) is 1.49. The fourth-order valence-corrected chi connectivity index (χ4v) is 0.917. The van der Waals surface area contributed by atoms with Gasteiger partial charge in [-0.2, -0.15) is 0 Å². The predicted molar refractivity (Wildman–Crippen MR) is 46.9 cm³/mol. The fourth-order valence-electron chi connectivity index (χ4n) is 0.917. The summed E-state index contributed by atoms with van der Waals surface area (Å²) < 4.78 is 5.49. The molecule has 2 nitrogen and oxygen atoms in total. The quantitative estimate of drug-likeness (QED) is 0.595. The Hall–Kier alpha value is -0.790. The molecule has 0 N–H and O–H groups in total. The van der Waals surface area contributed by atoms with Crippen molar-refractivity contribution in [1.29, 1.82) is 0 Å². The average molecular weight is 153 g/mol. The first-order valence-corrected chi connectivity index (χ1v) is 4.07. The van der Waals surface area contributed by atoms with Crippen LogP contribution in [0.2, 0.25) is 0 Å². The van der Waals surface area contributed by atoms with Crippen molar-refractivity contribution >= 4 is 5.90 Å². The Morgan fingerprint density at radius 3 is 2.73 bits per heavy atom. The summed E-state index contributed by atoms with van der Waals surface area (Å²) in [5, 5.41) is 0. The molecule has 0 spiro atoms. The van der Waals surface area contributed by atoms with Gasteiger partial charge in [0.1, 0.15) is 5.60 Å². The van der Waals surface area contributed by atoms with Gasteiger partial charge in [0, 0.05) is 6.54 Å². The van der Waals surface area contributed by atoms with Crippen molar-refractivity contribution < 1.29 is 4.74 Å². The van der Waals surface area contributed by atoms with Crippen LogP contribution in [-0.4, -0.2) is 18.0 Å². The number of hydrogen-bond acceptors (Lipinski definition) is 2. The number of aliphatic imine (C=N–C) groups is 1. The summed E-state index contributed by atoms with van der Waals surface area (Å²) in [6.07, 6.45) is 5.04. The van der Waals surface area contributed by atoms with E-state index in [0.29, 0.717) is 0 Å². The molecule has 2 heteroatoms. The van der Waals surface area contributed by atoms with E-state index in [1.165, 1.54) is 0 Å². The number of ether oxygens (including phenoxy) is 1. The largest absolute Gasteiger partial charge is 0.468 e. The number of nitrogens with zero attached hydrogens (tertiary/aromatic N) is 1. The smallest absolute Gasteiger partial charge is 0.209 e. The van der Waals surface area contributed by atoms with Crippen LogP contribution in [0.3, 0.4) is 0 Å². The number of rotatable bonds is 2. The summed E-state index contributed by atoms with van der Waals surface area (Å²) in [6, 6.07) is 0. The van der Waals surface area contributed by atoms with E-state index in [-0.39, 0.29) is 5.60 Å². The molecular weight excluding hydrogens is 138 g/mol.